The minimum atomic E-state index is -3.32. The Labute approximate surface area is 203 Å². The standard InChI is InChI=1S/C27H40N2O4S/c1-15-22-23(15)25(21(30)14-29-13-17(12-28-29)34(4,32)33)27(3)10-8-19-18-7-9-26(2,31)11-16(18)5-6-20(19)24(22)27/h12-13,15-16,18-20,22-25,31H,5-11,14H2,1-4H3/t15-,16+,18-,19+,20+,22+,23-,24+,25-,26+,27-/m0/s1. The SMILES string of the molecule is C[C@H]1[C@@H]2[C@H]1[C@H](C(=O)Cn1cc(S(C)(=O)=O)cn1)[C@@]1(C)CC[C@H]3[C@@H](CC[C@@H]4C[C@](C)(O)CC[C@@H]43)[C@H]21. The van der Waals surface area contributed by atoms with Gasteiger partial charge in [0.1, 0.15) is 4.90 Å². The highest BCUT2D eigenvalue weighted by Crippen LogP contribution is 2.76. The summed E-state index contributed by atoms with van der Waals surface area (Å²) in [7, 11) is -3.32. The van der Waals surface area contributed by atoms with Crippen molar-refractivity contribution in [1.29, 1.82) is 0 Å². The number of sulfone groups is 1. The number of hydrogen-bond donors (Lipinski definition) is 1. The fourth-order valence-electron chi connectivity index (χ4n) is 9.97. The van der Waals surface area contributed by atoms with E-state index < -0.39 is 15.4 Å². The van der Waals surface area contributed by atoms with Crippen LogP contribution in [0.4, 0.5) is 0 Å². The molecule has 5 aliphatic carbocycles. The molecule has 5 aliphatic rings. The average molecular weight is 489 g/mol. The van der Waals surface area contributed by atoms with Crippen LogP contribution < -0.4 is 0 Å². The van der Waals surface area contributed by atoms with Gasteiger partial charge in [-0.1, -0.05) is 13.8 Å². The molecule has 7 heteroatoms. The lowest BCUT2D eigenvalue weighted by Crippen LogP contribution is -2.52. The number of ketones is 1. The zero-order chi connectivity index (χ0) is 24.2. The van der Waals surface area contributed by atoms with Gasteiger partial charge in [0, 0.05) is 18.4 Å². The second-order valence-electron chi connectivity index (χ2n) is 13.2. The smallest absolute Gasteiger partial charge is 0.178 e. The van der Waals surface area contributed by atoms with Crippen molar-refractivity contribution in [2.24, 2.45) is 58.7 Å². The molecule has 1 aromatic heterocycles. The number of carbonyl (C=O) groups is 1. The van der Waals surface area contributed by atoms with E-state index in [1.807, 2.05) is 6.92 Å². The monoisotopic (exact) mass is 488 g/mol. The maximum absolute atomic E-state index is 13.7. The number of fused-ring (bicyclic) bond motifs is 7. The summed E-state index contributed by atoms with van der Waals surface area (Å²) < 4.78 is 25.2. The zero-order valence-electron chi connectivity index (χ0n) is 21.0. The molecule has 0 amide bonds. The van der Waals surface area contributed by atoms with E-state index in [4.69, 9.17) is 0 Å². The molecule has 5 fully saturated rings. The molecule has 0 unspecified atom stereocenters. The molecule has 0 spiro atoms. The Kier molecular flexibility index (Phi) is 5.05. The van der Waals surface area contributed by atoms with E-state index in [-0.39, 0.29) is 28.6 Å². The van der Waals surface area contributed by atoms with Crippen molar-refractivity contribution in [3.05, 3.63) is 12.4 Å². The van der Waals surface area contributed by atoms with Crippen molar-refractivity contribution in [3.8, 4) is 0 Å². The number of Topliss-reactive ketones (excluding diaryl/α,β-unsaturated/α-hetero) is 1. The third kappa shape index (κ3) is 3.39. The van der Waals surface area contributed by atoms with Gasteiger partial charge in [0.2, 0.25) is 0 Å². The summed E-state index contributed by atoms with van der Waals surface area (Å²) in [5, 5.41) is 14.9. The van der Waals surface area contributed by atoms with Crippen LogP contribution in [0.15, 0.2) is 17.3 Å². The molecule has 1 N–H and O–H groups in total. The molecular formula is C27H40N2O4S. The first kappa shape index (κ1) is 23.2. The molecule has 1 heterocycles. The molecule has 6 nitrogen and oxygen atoms in total. The maximum atomic E-state index is 13.7. The number of aliphatic hydroxyl groups is 1. The third-order valence-electron chi connectivity index (χ3n) is 11.3. The summed E-state index contributed by atoms with van der Waals surface area (Å²) in [5.74, 6) is 5.61. The first-order chi connectivity index (χ1) is 15.9. The van der Waals surface area contributed by atoms with E-state index in [1.54, 1.807) is 0 Å². The van der Waals surface area contributed by atoms with Crippen LogP contribution >= 0.6 is 0 Å². The Hall–Kier alpha value is -1.21. The van der Waals surface area contributed by atoms with Gasteiger partial charge in [0.15, 0.2) is 15.6 Å². The lowest BCUT2D eigenvalue weighted by molar-refractivity contribution is -0.137. The molecule has 0 saturated heterocycles. The van der Waals surface area contributed by atoms with Gasteiger partial charge < -0.3 is 5.11 Å². The van der Waals surface area contributed by atoms with Crippen molar-refractivity contribution < 1.29 is 18.3 Å². The number of rotatable bonds is 4. The zero-order valence-corrected chi connectivity index (χ0v) is 21.8. The van der Waals surface area contributed by atoms with Gasteiger partial charge in [-0.15, -0.1) is 0 Å². The van der Waals surface area contributed by atoms with Gasteiger partial charge in [-0.25, -0.2) is 8.42 Å². The number of carbonyl (C=O) groups excluding carboxylic acids is 1. The van der Waals surface area contributed by atoms with Crippen LogP contribution in [-0.4, -0.2) is 40.9 Å². The fraction of sp³-hybridized carbons (Fsp3) is 0.852. The molecule has 0 bridgehead atoms. The summed E-state index contributed by atoms with van der Waals surface area (Å²) in [6.45, 7) is 6.94. The Morgan fingerprint density at radius 3 is 2.56 bits per heavy atom. The second-order valence-corrected chi connectivity index (χ2v) is 15.3. The van der Waals surface area contributed by atoms with Gasteiger partial charge in [-0.2, -0.15) is 5.10 Å². The van der Waals surface area contributed by atoms with Gasteiger partial charge in [-0.3, -0.25) is 9.48 Å². The molecule has 6 rings (SSSR count). The Bertz CT molecular complexity index is 1110. The van der Waals surface area contributed by atoms with Crippen LogP contribution in [0.1, 0.15) is 65.7 Å². The maximum Gasteiger partial charge on any atom is 0.178 e. The normalized spacial score (nSPS) is 49.5. The molecule has 5 saturated carbocycles. The minimum Gasteiger partial charge on any atom is -0.390 e. The molecule has 188 valence electrons. The molecule has 0 aliphatic heterocycles. The summed E-state index contributed by atoms with van der Waals surface area (Å²) in [6.07, 6.45) is 11.9. The van der Waals surface area contributed by atoms with E-state index in [0.717, 1.165) is 43.4 Å². The van der Waals surface area contributed by atoms with Crippen molar-refractivity contribution in [2.75, 3.05) is 6.26 Å². The van der Waals surface area contributed by atoms with Crippen molar-refractivity contribution >= 4 is 15.6 Å². The van der Waals surface area contributed by atoms with Crippen molar-refractivity contribution in [1.82, 2.24) is 9.78 Å². The summed E-state index contributed by atoms with van der Waals surface area (Å²) in [4.78, 5) is 13.9. The van der Waals surface area contributed by atoms with E-state index in [2.05, 4.69) is 18.9 Å². The third-order valence-corrected chi connectivity index (χ3v) is 12.3. The molecule has 11 atom stereocenters. The first-order valence-electron chi connectivity index (χ1n) is 13.4. The predicted octanol–water partition coefficient (Wildman–Crippen LogP) is 3.98. The molecular weight excluding hydrogens is 448 g/mol. The molecule has 34 heavy (non-hydrogen) atoms. The summed E-state index contributed by atoms with van der Waals surface area (Å²) in [5.41, 5.74) is -0.429. The second kappa shape index (κ2) is 7.41. The minimum absolute atomic E-state index is 0.0555. The highest BCUT2D eigenvalue weighted by Gasteiger charge is 2.73. The molecule has 0 aromatic carbocycles. The first-order valence-corrected chi connectivity index (χ1v) is 15.3. The average Bonchev–Trinajstić information content (AvgIpc) is 3.10. The summed E-state index contributed by atoms with van der Waals surface area (Å²) in [6, 6.07) is 0. The van der Waals surface area contributed by atoms with E-state index in [1.165, 1.54) is 42.6 Å². The fourth-order valence-corrected chi connectivity index (χ4v) is 10.5. The van der Waals surface area contributed by atoms with E-state index in [0.29, 0.717) is 29.6 Å². The highest BCUT2D eigenvalue weighted by molar-refractivity contribution is 7.90. The van der Waals surface area contributed by atoms with Crippen LogP contribution in [0.25, 0.3) is 0 Å². The Morgan fingerprint density at radius 1 is 1.12 bits per heavy atom. The summed E-state index contributed by atoms with van der Waals surface area (Å²) >= 11 is 0. The van der Waals surface area contributed by atoms with Crippen LogP contribution in [-0.2, 0) is 21.2 Å². The van der Waals surface area contributed by atoms with Crippen LogP contribution in [0.3, 0.4) is 0 Å². The van der Waals surface area contributed by atoms with E-state index >= 15 is 0 Å². The predicted molar refractivity (Wildman–Crippen MR) is 128 cm³/mol. The number of hydrogen-bond acceptors (Lipinski definition) is 5. The number of nitrogens with zero attached hydrogens (tertiary/aromatic N) is 2. The van der Waals surface area contributed by atoms with Crippen LogP contribution in [0, 0.1) is 58.7 Å². The quantitative estimate of drug-likeness (QED) is 0.693. The van der Waals surface area contributed by atoms with E-state index in [9.17, 15) is 18.3 Å². The molecule has 1 aromatic rings. The lowest BCUT2D eigenvalue weighted by atomic mass is 9.47. The largest absolute Gasteiger partial charge is 0.390 e. The van der Waals surface area contributed by atoms with Gasteiger partial charge in [0.05, 0.1) is 18.3 Å². The topological polar surface area (TPSA) is 89.3 Å². The lowest BCUT2D eigenvalue weighted by Gasteiger charge is -2.58. The van der Waals surface area contributed by atoms with Crippen molar-refractivity contribution in [2.45, 2.75) is 82.8 Å². The van der Waals surface area contributed by atoms with Crippen molar-refractivity contribution in [3.63, 3.8) is 0 Å². The highest BCUT2D eigenvalue weighted by atomic mass is 32.2. The van der Waals surface area contributed by atoms with Gasteiger partial charge in [-0.05, 0) is 105 Å². The van der Waals surface area contributed by atoms with Gasteiger partial charge >= 0.3 is 0 Å². The van der Waals surface area contributed by atoms with Crippen LogP contribution in [0.5, 0.6) is 0 Å². The Morgan fingerprint density at radius 2 is 1.85 bits per heavy atom. The number of aromatic nitrogens is 2. The van der Waals surface area contributed by atoms with Gasteiger partial charge in [0.25, 0.3) is 0 Å². The molecule has 0 radical (unpaired) electrons. The van der Waals surface area contributed by atoms with Crippen LogP contribution in [0.2, 0.25) is 0 Å². The Balaban J connectivity index is 1.24.